The lowest BCUT2D eigenvalue weighted by atomic mass is 9.83. The smallest absolute Gasteiger partial charge is 0.328 e. The van der Waals surface area contributed by atoms with Crippen molar-refractivity contribution >= 4 is 164 Å². The van der Waals surface area contributed by atoms with Crippen LogP contribution in [0.2, 0.25) is 103 Å². The molecule has 0 heterocycles. The molecule has 0 aliphatic carbocycles. The van der Waals surface area contributed by atoms with Crippen LogP contribution in [0.5, 0.6) is 0 Å². The zero-order valence-corrected chi connectivity index (χ0v) is 74.4. The molecule has 8 N–H and O–H groups in total. The summed E-state index contributed by atoms with van der Waals surface area (Å²) in [4.78, 5) is 139. The summed E-state index contributed by atoms with van der Waals surface area (Å²) in [6.07, 6.45) is 0.344. The van der Waals surface area contributed by atoms with E-state index >= 15 is 0 Å². The summed E-state index contributed by atoms with van der Waals surface area (Å²) < 4.78 is 78.3. The van der Waals surface area contributed by atoms with Gasteiger partial charge in [-0.15, -0.1) is 0 Å². The number of thiocarbonyl (C=S) groups is 2. The van der Waals surface area contributed by atoms with Crippen LogP contribution in [0.3, 0.4) is 0 Å². The highest BCUT2D eigenvalue weighted by atomic mass is 32.2. The van der Waals surface area contributed by atoms with Crippen LogP contribution in [-0.4, -0.2) is 200 Å². The van der Waals surface area contributed by atoms with Gasteiger partial charge in [-0.3, -0.25) is 42.7 Å². The van der Waals surface area contributed by atoms with Crippen LogP contribution in [0, 0.1) is 17.8 Å². The fourth-order valence-electron chi connectivity index (χ4n) is 11.0. The first-order valence-electron chi connectivity index (χ1n) is 34.2. The molecule has 0 radical (unpaired) electrons. The third-order valence-electron chi connectivity index (χ3n) is 15.2. The number of unbranched alkanes of at least 4 members (excludes halogenated alkanes) is 2. The van der Waals surface area contributed by atoms with Crippen LogP contribution in [0.15, 0.2) is 0 Å². The minimum absolute atomic E-state index is 0.149. The van der Waals surface area contributed by atoms with Gasteiger partial charge in [-0.1, -0.05) is 63.1 Å². The largest absolute Gasteiger partial charge is 0.476 e. The van der Waals surface area contributed by atoms with Crippen molar-refractivity contribution in [3.8, 4) is 0 Å². The van der Waals surface area contributed by atoms with Gasteiger partial charge in [0.2, 0.25) is 32.4 Å². The number of esters is 3. The summed E-state index contributed by atoms with van der Waals surface area (Å²) in [6.45, 7) is 41.4. The van der Waals surface area contributed by atoms with E-state index < -0.39 is 210 Å². The minimum Gasteiger partial charge on any atom is -0.476 e. The Morgan fingerprint density at radius 1 is 0.475 bits per heavy atom. The van der Waals surface area contributed by atoms with Crippen molar-refractivity contribution in [1.82, 2.24) is 21.3 Å². The van der Waals surface area contributed by atoms with Gasteiger partial charge >= 0.3 is 50.2 Å². The second-order valence-electron chi connectivity index (χ2n) is 30.1. The Kier molecular flexibility index (Phi) is 42.9. The van der Waals surface area contributed by atoms with Gasteiger partial charge in [0.1, 0.15) is 24.3 Å². The minimum atomic E-state index is -4.76. The van der Waals surface area contributed by atoms with Gasteiger partial charge in [0, 0.05) is 13.1 Å². The molecular weight excluding hydrogens is 1500 g/mol. The Bertz CT molecular complexity index is 2560. The molecule has 4 atom stereocenters. The van der Waals surface area contributed by atoms with Crippen molar-refractivity contribution in [2.45, 2.75) is 270 Å². The second kappa shape index (κ2) is 43.7. The number of ether oxygens (including phenoxy) is 5. The number of hydrogen-bond donors (Lipinski definition) is 8. The summed E-state index contributed by atoms with van der Waals surface area (Å²) >= 11 is 12.5. The maximum atomic E-state index is 14.7. The van der Waals surface area contributed by atoms with E-state index in [-0.39, 0.29) is 21.9 Å². The van der Waals surface area contributed by atoms with Gasteiger partial charge in [-0.2, -0.15) is 0 Å². The molecule has 0 fully saturated rings. The Morgan fingerprint density at radius 2 is 0.758 bits per heavy atom. The third-order valence-corrected chi connectivity index (χ3v) is 42.4. The van der Waals surface area contributed by atoms with Gasteiger partial charge in [0.25, 0.3) is 0 Å². The summed E-state index contributed by atoms with van der Waals surface area (Å²) in [5.41, 5.74) is -3.20. The van der Waals surface area contributed by atoms with E-state index in [4.69, 9.17) is 64.6 Å². The van der Waals surface area contributed by atoms with Crippen molar-refractivity contribution in [2.24, 2.45) is 17.8 Å². The molecule has 4 amide bonds. The second-order valence-corrected chi connectivity index (χ2v) is 62.2. The molecule has 0 aromatic heterocycles. The van der Waals surface area contributed by atoms with Crippen LogP contribution in [-0.2, 0) is 82.8 Å². The molecule has 38 heteroatoms. The first kappa shape index (κ1) is 97.2. The van der Waals surface area contributed by atoms with E-state index in [1.165, 1.54) is 27.7 Å². The molecule has 0 saturated carbocycles. The van der Waals surface area contributed by atoms with Gasteiger partial charge in [0.05, 0.1) is 59.9 Å². The van der Waals surface area contributed by atoms with Crippen molar-refractivity contribution < 1.29 is 102 Å². The van der Waals surface area contributed by atoms with Crippen LogP contribution in [0.1, 0.15) is 133 Å². The highest BCUT2D eigenvalue weighted by Crippen LogP contribution is 2.38. The lowest BCUT2D eigenvalue weighted by Crippen LogP contribution is -2.57. The fraction of sp³-hybridized carbons (Fsp3) is 0.852. The Balaban J connectivity index is 7.45. The molecule has 0 aliphatic heterocycles. The Morgan fingerprint density at radius 3 is 1.02 bits per heavy atom. The number of amides is 4. The number of thioether (sulfide) groups is 2. The Hall–Kier alpha value is -1.79. The molecule has 4 unspecified atom stereocenters. The molecule has 0 saturated heterocycles. The van der Waals surface area contributed by atoms with Crippen LogP contribution >= 0.6 is 63.2 Å². The topological polar surface area (TPSA) is 366 Å². The van der Waals surface area contributed by atoms with Gasteiger partial charge < -0.3 is 81.0 Å². The Labute approximate surface area is 616 Å². The molecule has 0 aromatic rings. The highest BCUT2D eigenvalue weighted by Gasteiger charge is 2.44. The molecule has 0 aromatic carbocycles. The number of rotatable bonds is 49. The van der Waals surface area contributed by atoms with Gasteiger partial charge in [0.15, 0.2) is 33.3 Å². The van der Waals surface area contributed by atoms with E-state index in [9.17, 15) is 62.3 Å². The predicted molar refractivity (Wildman–Crippen MR) is 415 cm³/mol. The van der Waals surface area contributed by atoms with E-state index in [0.717, 1.165) is 44.9 Å². The van der Waals surface area contributed by atoms with Crippen molar-refractivity contribution in [2.75, 3.05) is 45.7 Å². The lowest BCUT2D eigenvalue weighted by molar-refractivity contribution is -0.153. The molecule has 99 heavy (non-hydrogen) atoms. The monoisotopic (exact) mass is 1620 g/mol. The number of hydrogen-bond acceptors (Lipinski definition) is 22. The normalized spacial score (nSPS) is 14.7. The summed E-state index contributed by atoms with van der Waals surface area (Å²) in [7, 11) is -22.0. The number of methoxy groups -OCH3 is 1. The van der Waals surface area contributed by atoms with Crippen molar-refractivity contribution in [3.63, 3.8) is 0 Å². The van der Waals surface area contributed by atoms with E-state index in [1.54, 1.807) is 27.7 Å². The molecule has 26 nitrogen and oxygen atoms in total. The third kappa shape index (κ3) is 44.7. The van der Waals surface area contributed by atoms with Crippen molar-refractivity contribution in [1.29, 1.82) is 0 Å². The molecule has 0 bridgehead atoms. The summed E-state index contributed by atoms with van der Waals surface area (Å²) in [5, 5.41) is 8.53. The predicted octanol–water partition coefficient (Wildman–Crippen LogP) is 11.3. The zero-order valence-electron chi connectivity index (χ0n) is 63.3. The number of carbonyl (C=O) groups is 7. The molecule has 0 spiro atoms. The van der Waals surface area contributed by atoms with Crippen LogP contribution in [0.4, 0.5) is 0 Å². The van der Waals surface area contributed by atoms with Crippen molar-refractivity contribution in [3.05, 3.63) is 0 Å². The first-order valence-corrected chi connectivity index (χ1v) is 58.4. The van der Waals surface area contributed by atoms with Gasteiger partial charge in [-0.05, 0) is 221 Å². The van der Waals surface area contributed by atoms with E-state index in [1.807, 2.05) is 0 Å². The summed E-state index contributed by atoms with van der Waals surface area (Å²) in [5.74, 6) is -10.8. The lowest BCUT2D eigenvalue weighted by Gasteiger charge is -2.39. The summed E-state index contributed by atoms with van der Waals surface area (Å²) in [6, 6.07) is 3.47. The maximum absolute atomic E-state index is 14.7. The van der Waals surface area contributed by atoms with Crippen LogP contribution in [0.25, 0.3) is 0 Å². The molecule has 0 rings (SSSR count). The fourth-order valence-corrected chi connectivity index (χ4v) is 43.1. The van der Waals surface area contributed by atoms with Gasteiger partial charge in [-0.25, -0.2) is 0 Å². The average Bonchev–Trinajstić information content (AvgIpc) is 0.850. The van der Waals surface area contributed by atoms with E-state index in [2.05, 4.69) is 114 Å². The molecular formula is C61H124N4O22P2S4Si6. The average molecular weight is 1620 g/mol. The molecule has 578 valence electrons. The van der Waals surface area contributed by atoms with Crippen LogP contribution < -0.4 is 21.3 Å². The molecule has 0 aliphatic rings. The SMILES string of the molecule is CCCC[Si](C)(C)O[Si](C)(C)O[Si](C)(C)CCCNC(=O)C(C)(C)NC(=O)C(CC(CC(CC(CC(SC(=S)OC(C)C)C(=O)NC(C)(C)C(=O)NCCC[Si](C)(C)O[Si](C)(C)O[Si](C)(C)CCCC)C(=O)OCCP(=O)(O)O)C(=O)OC)C(=O)OCCP(=O)(O)O)SC(=S)OC(C)C. The zero-order chi connectivity index (χ0) is 77.0. The quantitative estimate of drug-likeness (QED) is 0.00700. The van der Waals surface area contributed by atoms with E-state index in [0.29, 0.717) is 48.5 Å². The standard InChI is InChI=1S/C61H124N4O22P2S4Si6/c1-24-26-36-94(12,13)84-98(20,21)86-96(16,17)38-28-30-62-56(71)60(7,8)64-51(66)49(92-58(90)82-44(3)4)42-47(54(69)80-32-34-88(73,74)75)40-46(53(68)79-11)41-48(55(70)81-33-35-89(76,77)78)43-50(93-59(91)83-45(5)6)52(67)65-61(9,10)57(72)63-31-29-39-97(18,19)87-99(22,23)85-95(14,15)37-27-25-2/h44-50H,24-43H2,1-23H3,(H,62,71)(H,63,72)(H,64,66)(H,65,67)(H2,73,74,75)(H2,76,77,78). The first-order chi connectivity index (χ1) is 44.9. The number of carbonyl (C=O) groups excluding carboxylic acids is 7. The maximum Gasteiger partial charge on any atom is 0.328 e. The highest BCUT2D eigenvalue weighted by molar-refractivity contribution is 8.23. The number of nitrogens with one attached hydrogen (secondary N) is 4.